The van der Waals surface area contributed by atoms with Gasteiger partial charge in [0.15, 0.2) is 0 Å². The van der Waals surface area contributed by atoms with Gasteiger partial charge in [-0.25, -0.2) is 0 Å². The minimum absolute atomic E-state index is 0.385. The van der Waals surface area contributed by atoms with Crippen LogP contribution in [0, 0.1) is 0 Å². The quantitative estimate of drug-likeness (QED) is 0.374. The number of carbonyl (C=O) groups excluding carboxylic acids is 2. The number of hydrogen-bond acceptors (Lipinski definition) is 4. The molecule has 0 amide bonds. The van der Waals surface area contributed by atoms with Crippen LogP contribution in [0.25, 0.3) is 11.8 Å². The van der Waals surface area contributed by atoms with Crippen LogP contribution in [0.1, 0.15) is 25.0 Å². The van der Waals surface area contributed by atoms with Crippen molar-refractivity contribution in [2.75, 3.05) is 0 Å². The third kappa shape index (κ3) is 4.59. The molecule has 0 aliphatic rings. The summed E-state index contributed by atoms with van der Waals surface area (Å²) in [7, 11) is 0. The maximum Gasteiger partial charge on any atom is 0.308 e. The van der Waals surface area contributed by atoms with Gasteiger partial charge in [0.1, 0.15) is 11.5 Å². The minimum Gasteiger partial charge on any atom is -0.427 e. The van der Waals surface area contributed by atoms with Crippen LogP contribution in [0.3, 0.4) is 0 Å². The summed E-state index contributed by atoms with van der Waals surface area (Å²) in [5, 5.41) is 0. The number of rotatable bonds is 4. The summed E-state index contributed by atoms with van der Waals surface area (Å²) in [6.45, 7) is 2.70. The molecule has 0 saturated carbocycles. The molecule has 0 saturated heterocycles. The van der Waals surface area contributed by atoms with E-state index in [0.29, 0.717) is 11.5 Å². The first-order chi connectivity index (χ1) is 10.5. The lowest BCUT2D eigenvalue weighted by Gasteiger charge is -2.08. The van der Waals surface area contributed by atoms with Crippen molar-refractivity contribution in [2.45, 2.75) is 13.8 Å². The van der Waals surface area contributed by atoms with E-state index in [-0.39, 0.29) is 5.97 Å². The summed E-state index contributed by atoms with van der Waals surface area (Å²) in [6.07, 6.45) is 1.73. The predicted molar refractivity (Wildman–Crippen MR) is 83.8 cm³/mol. The largest absolute Gasteiger partial charge is 0.427 e. The first-order valence-corrected chi connectivity index (χ1v) is 6.78. The Morgan fingerprint density at radius 2 is 1.64 bits per heavy atom. The third-order valence-electron chi connectivity index (χ3n) is 2.73. The van der Waals surface area contributed by atoms with Crippen molar-refractivity contribution in [1.29, 1.82) is 0 Å². The van der Waals surface area contributed by atoms with Crippen molar-refractivity contribution in [2.24, 2.45) is 0 Å². The van der Waals surface area contributed by atoms with Crippen LogP contribution < -0.4 is 4.74 Å². The Labute approximate surface area is 129 Å². The standard InChI is InChI=1S/C18H16O4/c1-13(19)21-17-10-6-7-15(11-17)12-18(22-14(2)20)16-8-4-3-5-9-16/h3-12H,1-2H3/b18-12-. The minimum atomic E-state index is -0.397. The molecule has 0 unspecified atom stereocenters. The monoisotopic (exact) mass is 296 g/mol. The zero-order chi connectivity index (χ0) is 15.9. The fourth-order valence-electron chi connectivity index (χ4n) is 1.91. The molecule has 0 heterocycles. The number of carbonyl (C=O) groups is 2. The highest BCUT2D eigenvalue weighted by Gasteiger charge is 2.07. The molecule has 2 aromatic rings. The zero-order valence-electron chi connectivity index (χ0n) is 12.4. The average molecular weight is 296 g/mol. The van der Waals surface area contributed by atoms with E-state index in [2.05, 4.69) is 0 Å². The van der Waals surface area contributed by atoms with Crippen LogP contribution in [0.15, 0.2) is 54.6 Å². The van der Waals surface area contributed by atoms with Crippen LogP contribution in [0.5, 0.6) is 5.75 Å². The molecule has 0 bridgehead atoms. The topological polar surface area (TPSA) is 52.6 Å². The van der Waals surface area contributed by atoms with Crippen molar-refractivity contribution in [1.82, 2.24) is 0 Å². The first kappa shape index (κ1) is 15.5. The maximum atomic E-state index is 11.3. The molecule has 0 aliphatic carbocycles. The smallest absolute Gasteiger partial charge is 0.308 e. The lowest BCUT2D eigenvalue weighted by atomic mass is 10.1. The highest BCUT2D eigenvalue weighted by molar-refractivity contribution is 5.84. The maximum absolute atomic E-state index is 11.3. The molecular weight excluding hydrogens is 280 g/mol. The Morgan fingerprint density at radius 1 is 0.909 bits per heavy atom. The van der Waals surface area contributed by atoms with Crippen LogP contribution in [0.4, 0.5) is 0 Å². The van der Waals surface area contributed by atoms with Crippen molar-refractivity contribution in [3.8, 4) is 5.75 Å². The zero-order valence-corrected chi connectivity index (χ0v) is 12.4. The molecule has 4 nitrogen and oxygen atoms in total. The van der Waals surface area contributed by atoms with Crippen LogP contribution in [-0.2, 0) is 14.3 Å². The lowest BCUT2D eigenvalue weighted by Crippen LogP contribution is -2.01. The highest BCUT2D eigenvalue weighted by atomic mass is 16.5. The molecule has 0 atom stereocenters. The highest BCUT2D eigenvalue weighted by Crippen LogP contribution is 2.22. The van der Waals surface area contributed by atoms with Gasteiger partial charge in [-0.2, -0.15) is 0 Å². The second-order valence-electron chi connectivity index (χ2n) is 4.63. The van der Waals surface area contributed by atoms with Crippen LogP contribution in [0.2, 0.25) is 0 Å². The SMILES string of the molecule is CC(=O)O/C(=C\c1cccc(OC(C)=O)c1)c1ccccc1. The molecule has 0 spiro atoms. The van der Waals surface area contributed by atoms with Gasteiger partial charge in [0, 0.05) is 19.4 Å². The number of esters is 2. The van der Waals surface area contributed by atoms with E-state index in [4.69, 9.17) is 9.47 Å². The molecule has 4 heteroatoms. The first-order valence-electron chi connectivity index (χ1n) is 6.78. The molecule has 0 radical (unpaired) electrons. The normalized spacial score (nSPS) is 10.9. The van der Waals surface area contributed by atoms with Gasteiger partial charge >= 0.3 is 11.9 Å². The van der Waals surface area contributed by atoms with E-state index >= 15 is 0 Å². The lowest BCUT2D eigenvalue weighted by molar-refractivity contribution is -0.134. The van der Waals surface area contributed by atoms with Crippen molar-refractivity contribution in [3.63, 3.8) is 0 Å². The molecule has 22 heavy (non-hydrogen) atoms. The van der Waals surface area contributed by atoms with Gasteiger partial charge in [-0.15, -0.1) is 0 Å². The van der Waals surface area contributed by atoms with Gasteiger partial charge in [0.05, 0.1) is 0 Å². The Balaban J connectivity index is 2.36. The molecule has 0 aliphatic heterocycles. The Hall–Kier alpha value is -2.88. The van der Waals surface area contributed by atoms with Crippen LogP contribution in [-0.4, -0.2) is 11.9 Å². The molecule has 2 aromatic carbocycles. The van der Waals surface area contributed by atoms with E-state index in [1.54, 1.807) is 24.3 Å². The fraction of sp³-hybridized carbons (Fsp3) is 0.111. The second kappa shape index (κ2) is 7.22. The summed E-state index contributed by atoms with van der Waals surface area (Å²) in [5.41, 5.74) is 1.55. The van der Waals surface area contributed by atoms with Gasteiger partial charge < -0.3 is 9.47 Å². The average Bonchev–Trinajstić information content (AvgIpc) is 2.47. The van der Waals surface area contributed by atoms with E-state index in [1.165, 1.54) is 13.8 Å². The second-order valence-corrected chi connectivity index (χ2v) is 4.63. The summed E-state index contributed by atoms with van der Waals surface area (Å²) >= 11 is 0. The predicted octanol–water partition coefficient (Wildman–Crippen LogP) is 3.67. The fourth-order valence-corrected chi connectivity index (χ4v) is 1.91. The third-order valence-corrected chi connectivity index (χ3v) is 2.73. The van der Waals surface area contributed by atoms with E-state index in [1.807, 2.05) is 36.4 Å². The number of hydrogen-bond donors (Lipinski definition) is 0. The Kier molecular flexibility index (Phi) is 5.09. The van der Waals surface area contributed by atoms with E-state index in [0.717, 1.165) is 11.1 Å². The number of ether oxygens (including phenoxy) is 2. The van der Waals surface area contributed by atoms with Gasteiger partial charge in [0.2, 0.25) is 0 Å². The molecule has 112 valence electrons. The molecule has 0 fully saturated rings. The van der Waals surface area contributed by atoms with Gasteiger partial charge in [-0.05, 0) is 23.8 Å². The summed E-state index contributed by atoms with van der Waals surface area (Å²) in [4.78, 5) is 22.3. The van der Waals surface area contributed by atoms with E-state index < -0.39 is 5.97 Å². The summed E-state index contributed by atoms with van der Waals surface area (Å²) in [6, 6.07) is 16.3. The molecular formula is C18H16O4. The van der Waals surface area contributed by atoms with Crippen LogP contribution >= 0.6 is 0 Å². The van der Waals surface area contributed by atoms with Gasteiger partial charge in [0.25, 0.3) is 0 Å². The van der Waals surface area contributed by atoms with Crippen molar-refractivity contribution in [3.05, 3.63) is 65.7 Å². The van der Waals surface area contributed by atoms with E-state index in [9.17, 15) is 9.59 Å². The molecule has 0 aromatic heterocycles. The molecule has 0 N–H and O–H groups in total. The Bertz CT molecular complexity index is 702. The summed E-state index contributed by atoms with van der Waals surface area (Å²) < 4.78 is 10.3. The number of benzene rings is 2. The summed E-state index contributed by atoms with van der Waals surface area (Å²) in [5.74, 6) is 0.0974. The van der Waals surface area contributed by atoms with Crippen molar-refractivity contribution < 1.29 is 19.1 Å². The molecule has 2 rings (SSSR count). The van der Waals surface area contributed by atoms with Gasteiger partial charge in [-0.1, -0.05) is 42.5 Å². The van der Waals surface area contributed by atoms with Gasteiger partial charge in [-0.3, -0.25) is 9.59 Å². The van der Waals surface area contributed by atoms with Crippen molar-refractivity contribution >= 4 is 23.8 Å². The Morgan fingerprint density at radius 3 is 2.27 bits per heavy atom.